The normalized spacial score (nSPS) is 22.8. The molecule has 0 bridgehead atoms. The lowest BCUT2D eigenvalue weighted by atomic mass is 9.94. The van der Waals surface area contributed by atoms with E-state index in [0.717, 1.165) is 19.5 Å². The van der Waals surface area contributed by atoms with Crippen molar-refractivity contribution in [3.63, 3.8) is 0 Å². The van der Waals surface area contributed by atoms with Crippen LogP contribution in [0.25, 0.3) is 0 Å². The number of piperidine rings is 1. The number of nitrogens with one attached hydrogen (secondary N) is 2. The van der Waals surface area contributed by atoms with Crippen molar-refractivity contribution in [1.82, 2.24) is 15.5 Å². The van der Waals surface area contributed by atoms with Crippen LogP contribution in [0.4, 0.5) is 4.79 Å². The first kappa shape index (κ1) is 14.1. The molecule has 6 nitrogen and oxygen atoms in total. The third-order valence-electron chi connectivity index (χ3n) is 4.19. The molecule has 2 rings (SSSR count). The highest BCUT2D eigenvalue weighted by atomic mass is 16.4. The second kappa shape index (κ2) is 5.77. The molecule has 1 heterocycles. The standard InChI is InChI=1S/C13H23N3O3/c1-16-8-3-10(4-9-16)2-7-14-12(19)15-13(5-6-13)11(17)18/h10H,2-9H2,1H3,(H,17,18)(H2,14,15,19). The summed E-state index contributed by atoms with van der Waals surface area (Å²) in [6.07, 6.45) is 4.40. The zero-order chi connectivity index (χ0) is 13.9. The molecule has 2 aliphatic rings. The lowest BCUT2D eigenvalue weighted by molar-refractivity contribution is -0.140. The second-order valence-electron chi connectivity index (χ2n) is 5.80. The molecule has 1 aliphatic carbocycles. The van der Waals surface area contributed by atoms with Crippen LogP contribution >= 0.6 is 0 Å². The van der Waals surface area contributed by atoms with Crippen molar-refractivity contribution >= 4 is 12.0 Å². The van der Waals surface area contributed by atoms with E-state index in [2.05, 4.69) is 22.6 Å². The number of carbonyl (C=O) groups is 2. The minimum Gasteiger partial charge on any atom is -0.480 e. The number of aliphatic carboxylic acids is 1. The van der Waals surface area contributed by atoms with Gasteiger partial charge in [0, 0.05) is 6.54 Å². The second-order valence-corrected chi connectivity index (χ2v) is 5.80. The fraction of sp³-hybridized carbons (Fsp3) is 0.846. The van der Waals surface area contributed by atoms with Crippen molar-refractivity contribution in [1.29, 1.82) is 0 Å². The largest absolute Gasteiger partial charge is 0.480 e. The highest BCUT2D eigenvalue weighted by Gasteiger charge is 2.51. The topological polar surface area (TPSA) is 81.7 Å². The molecule has 108 valence electrons. The Kier molecular flexibility index (Phi) is 4.29. The zero-order valence-corrected chi connectivity index (χ0v) is 11.4. The average molecular weight is 269 g/mol. The molecule has 2 fully saturated rings. The fourth-order valence-corrected chi connectivity index (χ4v) is 2.52. The summed E-state index contributed by atoms with van der Waals surface area (Å²) in [6, 6.07) is -0.354. The number of nitrogens with zero attached hydrogens (tertiary/aromatic N) is 1. The SMILES string of the molecule is CN1CCC(CCNC(=O)NC2(C(=O)O)CC2)CC1. The minimum atomic E-state index is -0.988. The molecule has 1 saturated heterocycles. The molecule has 1 aliphatic heterocycles. The van der Waals surface area contributed by atoms with Crippen LogP contribution in [0.15, 0.2) is 0 Å². The van der Waals surface area contributed by atoms with Crippen LogP contribution in [0.2, 0.25) is 0 Å². The van der Waals surface area contributed by atoms with Gasteiger partial charge in [0.1, 0.15) is 5.54 Å². The summed E-state index contributed by atoms with van der Waals surface area (Å²) in [6.45, 7) is 2.87. The van der Waals surface area contributed by atoms with Gasteiger partial charge in [-0.05, 0) is 58.2 Å². The van der Waals surface area contributed by atoms with E-state index < -0.39 is 11.5 Å². The van der Waals surface area contributed by atoms with Gasteiger partial charge >= 0.3 is 12.0 Å². The summed E-state index contributed by atoms with van der Waals surface area (Å²) in [5.74, 6) is -0.260. The van der Waals surface area contributed by atoms with Gasteiger partial charge in [-0.25, -0.2) is 9.59 Å². The van der Waals surface area contributed by atoms with E-state index in [1.165, 1.54) is 12.8 Å². The Labute approximate surface area is 113 Å². The van der Waals surface area contributed by atoms with Crippen molar-refractivity contribution in [2.75, 3.05) is 26.7 Å². The third-order valence-corrected chi connectivity index (χ3v) is 4.19. The van der Waals surface area contributed by atoms with Crippen molar-refractivity contribution in [3.8, 4) is 0 Å². The van der Waals surface area contributed by atoms with Crippen LogP contribution in [-0.2, 0) is 4.79 Å². The molecule has 19 heavy (non-hydrogen) atoms. The number of carboxylic acid groups (broad SMARTS) is 1. The van der Waals surface area contributed by atoms with E-state index in [1.54, 1.807) is 0 Å². The maximum absolute atomic E-state index is 11.6. The number of hydrogen-bond acceptors (Lipinski definition) is 3. The highest BCUT2D eigenvalue weighted by Crippen LogP contribution is 2.35. The number of amides is 2. The molecule has 0 aromatic heterocycles. The van der Waals surface area contributed by atoms with Gasteiger partial charge in [-0.15, -0.1) is 0 Å². The van der Waals surface area contributed by atoms with E-state index in [9.17, 15) is 9.59 Å². The van der Waals surface area contributed by atoms with E-state index in [-0.39, 0.29) is 6.03 Å². The van der Waals surface area contributed by atoms with Crippen LogP contribution < -0.4 is 10.6 Å². The first-order chi connectivity index (χ1) is 9.02. The van der Waals surface area contributed by atoms with Gasteiger partial charge in [0.25, 0.3) is 0 Å². The smallest absolute Gasteiger partial charge is 0.329 e. The summed E-state index contributed by atoms with van der Waals surface area (Å²) in [4.78, 5) is 24.8. The van der Waals surface area contributed by atoms with Crippen LogP contribution in [0, 0.1) is 5.92 Å². The number of carbonyl (C=O) groups excluding carboxylic acids is 1. The molecular formula is C13H23N3O3. The van der Waals surface area contributed by atoms with Crippen molar-refractivity contribution < 1.29 is 14.7 Å². The Balaban J connectivity index is 1.61. The van der Waals surface area contributed by atoms with Gasteiger partial charge in [0.15, 0.2) is 0 Å². The summed E-state index contributed by atoms with van der Waals surface area (Å²) in [7, 11) is 2.13. The Bertz CT molecular complexity index is 347. The molecule has 0 aromatic rings. The van der Waals surface area contributed by atoms with Crippen LogP contribution in [-0.4, -0.2) is 54.2 Å². The van der Waals surface area contributed by atoms with Gasteiger partial charge in [0.05, 0.1) is 0 Å². The Morgan fingerprint density at radius 3 is 2.47 bits per heavy atom. The minimum absolute atomic E-state index is 0.354. The van der Waals surface area contributed by atoms with Crippen molar-refractivity contribution in [2.24, 2.45) is 5.92 Å². The first-order valence-corrected chi connectivity index (χ1v) is 7.00. The van der Waals surface area contributed by atoms with Gasteiger partial charge in [-0.1, -0.05) is 0 Å². The number of likely N-dealkylation sites (tertiary alicyclic amines) is 1. The number of hydrogen-bond donors (Lipinski definition) is 3. The van der Waals surface area contributed by atoms with Gasteiger partial charge in [-0.3, -0.25) is 0 Å². The lowest BCUT2D eigenvalue weighted by Crippen LogP contribution is -2.48. The molecule has 0 spiro atoms. The Morgan fingerprint density at radius 2 is 1.95 bits per heavy atom. The predicted molar refractivity (Wildman–Crippen MR) is 71.0 cm³/mol. The molecule has 6 heteroatoms. The van der Waals surface area contributed by atoms with Gasteiger partial charge in [-0.2, -0.15) is 0 Å². The summed E-state index contributed by atoms with van der Waals surface area (Å²) < 4.78 is 0. The maximum Gasteiger partial charge on any atom is 0.329 e. The molecular weight excluding hydrogens is 246 g/mol. The van der Waals surface area contributed by atoms with Crippen LogP contribution in [0.3, 0.4) is 0 Å². The predicted octanol–water partition coefficient (Wildman–Crippen LogP) is 0.635. The van der Waals surface area contributed by atoms with E-state index in [1.807, 2.05) is 0 Å². The molecule has 0 atom stereocenters. The molecule has 0 aromatic carbocycles. The van der Waals surface area contributed by atoms with Crippen molar-refractivity contribution in [2.45, 2.75) is 37.6 Å². The van der Waals surface area contributed by atoms with Gasteiger partial charge in [0.2, 0.25) is 0 Å². The molecule has 0 unspecified atom stereocenters. The summed E-state index contributed by atoms with van der Waals surface area (Å²) >= 11 is 0. The van der Waals surface area contributed by atoms with E-state index >= 15 is 0 Å². The number of urea groups is 1. The van der Waals surface area contributed by atoms with Gasteiger partial charge < -0.3 is 20.6 Å². The molecule has 2 amide bonds. The fourth-order valence-electron chi connectivity index (χ4n) is 2.52. The quantitative estimate of drug-likeness (QED) is 0.684. The Hall–Kier alpha value is -1.30. The number of carboxylic acids is 1. The summed E-state index contributed by atoms with van der Waals surface area (Å²) in [5, 5.41) is 14.3. The zero-order valence-electron chi connectivity index (χ0n) is 11.4. The average Bonchev–Trinajstić information content (AvgIpc) is 3.13. The summed E-state index contributed by atoms with van der Waals surface area (Å²) in [5.41, 5.74) is -0.988. The maximum atomic E-state index is 11.6. The van der Waals surface area contributed by atoms with Crippen LogP contribution in [0.5, 0.6) is 0 Å². The first-order valence-electron chi connectivity index (χ1n) is 7.00. The van der Waals surface area contributed by atoms with Crippen LogP contribution in [0.1, 0.15) is 32.1 Å². The monoisotopic (exact) mass is 269 g/mol. The molecule has 1 saturated carbocycles. The lowest BCUT2D eigenvalue weighted by Gasteiger charge is -2.28. The van der Waals surface area contributed by atoms with E-state index in [0.29, 0.717) is 25.3 Å². The molecule has 3 N–H and O–H groups in total. The van der Waals surface area contributed by atoms with Crippen molar-refractivity contribution in [3.05, 3.63) is 0 Å². The highest BCUT2D eigenvalue weighted by molar-refractivity contribution is 5.88. The third kappa shape index (κ3) is 3.83. The Morgan fingerprint density at radius 1 is 1.32 bits per heavy atom. The number of rotatable bonds is 5. The van der Waals surface area contributed by atoms with E-state index in [4.69, 9.17) is 5.11 Å². The molecule has 0 radical (unpaired) electrons.